The summed E-state index contributed by atoms with van der Waals surface area (Å²) in [5.74, 6) is 2.57. The van der Waals surface area contributed by atoms with Crippen LogP contribution in [0.25, 0.3) is 11.3 Å². The van der Waals surface area contributed by atoms with E-state index in [1.54, 1.807) is 0 Å². The first-order chi connectivity index (χ1) is 13.8. The Bertz CT molecular complexity index is 987. The molecule has 6 nitrogen and oxygen atoms in total. The standard InChI is InChI=1S/C21H20ClN3O3/c22-16-4-2-15(3-5-16)18-10-24-21-12-26-17(11-25(18)21)9-23-8-14-1-6-19-20(7-14)28-13-27-19/h1-7,10,17,23H,8-9,11-13H2/t17-/m0/s1. The summed E-state index contributed by atoms with van der Waals surface area (Å²) in [5.41, 5.74) is 3.36. The maximum atomic E-state index is 6.01. The first-order valence-corrected chi connectivity index (χ1v) is 9.65. The lowest BCUT2D eigenvalue weighted by atomic mass is 10.1. The zero-order valence-corrected chi connectivity index (χ0v) is 16.0. The van der Waals surface area contributed by atoms with Gasteiger partial charge in [-0.1, -0.05) is 29.8 Å². The Labute approximate surface area is 168 Å². The summed E-state index contributed by atoms with van der Waals surface area (Å²) in [6.45, 7) is 3.08. The van der Waals surface area contributed by atoms with Gasteiger partial charge in [0.05, 0.1) is 24.5 Å². The highest BCUT2D eigenvalue weighted by molar-refractivity contribution is 6.30. The van der Waals surface area contributed by atoms with Crippen molar-refractivity contribution in [1.29, 1.82) is 0 Å². The Morgan fingerprint density at radius 1 is 1.11 bits per heavy atom. The smallest absolute Gasteiger partial charge is 0.231 e. The molecule has 5 rings (SSSR count). The van der Waals surface area contributed by atoms with Crippen molar-refractivity contribution in [2.24, 2.45) is 0 Å². The van der Waals surface area contributed by atoms with Crippen LogP contribution in [0.3, 0.4) is 0 Å². The van der Waals surface area contributed by atoms with E-state index >= 15 is 0 Å². The Balaban J connectivity index is 1.22. The number of hydrogen-bond acceptors (Lipinski definition) is 5. The van der Waals surface area contributed by atoms with E-state index in [9.17, 15) is 0 Å². The predicted octanol–water partition coefficient (Wildman–Crippen LogP) is 3.62. The molecular weight excluding hydrogens is 378 g/mol. The van der Waals surface area contributed by atoms with Crippen molar-refractivity contribution >= 4 is 11.6 Å². The Morgan fingerprint density at radius 2 is 1.96 bits per heavy atom. The van der Waals surface area contributed by atoms with Gasteiger partial charge >= 0.3 is 0 Å². The Hall–Kier alpha value is -2.54. The molecule has 0 saturated carbocycles. The highest BCUT2D eigenvalue weighted by Crippen LogP contribution is 2.32. The van der Waals surface area contributed by atoms with Crippen molar-refractivity contribution in [3.05, 3.63) is 65.1 Å². The van der Waals surface area contributed by atoms with Crippen LogP contribution in [0.1, 0.15) is 11.4 Å². The SMILES string of the molecule is Clc1ccc(-c2cnc3n2C[C@H](CNCc2ccc4c(c2)OCO4)OC3)cc1. The van der Waals surface area contributed by atoms with E-state index < -0.39 is 0 Å². The zero-order valence-electron chi connectivity index (χ0n) is 15.2. The fourth-order valence-corrected chi connectivity index (χ4v) is 3.71. The number of hydrogen-bond donors (Lipinski definition) is 1. The predicted molar refractivity (Wildman–Crippen MR) is 106 cm³/mol. The summed E-state index contributed by atoms with van der Waals surface area (Å²) in [5, 5.41) is 4.21. The molecule has 7 heteroatoms. The minimum Gasteiger partial charge on any atom is -0.454 e. The van der Waals surface area contributed by atoms with Gasteiger partial charge in [-0.05, 0) is 35.4 Å². The average Bonchev–Trinajstić information content (AvgIpc) is 3.35. The molecule has 3 heterocycles. The van der Waals surface area contributed by atoms with Crippen molar-refractivity contribution < 1.29 is 14.2 Å². The van der Waals surface area contributed by atoms with Crippen LogP contribution in [0.2, 0.25) is 5.02 Å². The fraction of sp³-hybridized carbons (Fsp3) is 0.286. The van der Waals surface area contributed by atoms with Crippen LogP contribution in [-0.2, 0) is 24.4 Å². The lowest BCUT2D eigenvalue weighted by Crippen LogP contribution is -2.36. The van der Waals surface area contributed by atoms with Gasteiger partial charge in [0.25, 0.3) is 0 Å². The number of rotatable bonds is 5. The molecule has 0 amide bonds. The third-order valence-corrected chi connectivity index (χ3v) is 5.30. The largest absolute Gasteiger partial charge is 0.454 e. The normalized spacial score (nSPS) is 17.5. The molecule has 1 atom stereocenters. The first kappa shape index (κ1) is 17.6. The lowest BCUT2D eigenvalue weighted by molar-refractivity contribution is 0.00326. The third kappa shape index (κ3) is 3.46. The molecule has 0 fully saturated rings. The summed E-state index contributed by atoms with van der Waals surface area (Å²) in [6.07, 6.45) is 1.99. The molecule has 0 spiro atoms. The molecule has 0 aliphatic carbocycles. The molecule has 2 aliphatic rings. The quantitative estimate of drug-likeness (QED) is 0.712. The van der Waals surface area contributed by atoms with Crippen LogP contribution in [0, 0.1) is 0 Å². The second-order valence-corrected chi connectivity index (χ2v) is 7.37. The minimum absolute atomic E-state index is 0.0850. The summed E-state index contributed by atoms with van der Waals surface area (Å²) in [6, 6.07) is 13.9. The molecule has 0 bridgehead atoms. The van der Waals surface area contributed by atoms with Crippen molar-refractivity contribution in [1.82, 2.24) is 14.9 Å². The van der Waals surface area contributed by atoms with Gasteiger partial charge in [0.1, 0.15) is 12.4 Å². The van der Waals surface area contributed by atoms with Gasteiger partial charge in [0, 0.05) is 18.1 Å². The third-order valence-electron chi connectivity index (χ3n) is 5.05. The van der Waals surface area contributed by atoms with Gasteiger partial charge in [0.15, 0.2) is 11.5 Å². The van der Waals surface area contributed by atoms with Crippen molar-refractivity contribution in [3.63, 3.8) is 0 Å². The second kappa shape index (κ2) is 7.47. The molecule has 1 aromatic heterocycles. The maximum absolute atomic E-state index is 6.01. The topological polar surface area (TPSA) is 57.5 Å². The van der Waals surface area contributed by atoms with Crippen LogP contribution < -0.4 is 14.8 Å². The summed E-state index contributed by atoms with van der Waals surface area (Å²) >= 11 is 6.01. The summed E-state index contributed by atoms with van der Waals surface area (Å²) in [7, 11) is 0. The Morgan fingerprint density at radius 3 is 2.86 bits per heavy atom. The number of fused-ring (bicyclic) bond motifs is 2. The van der Waals surface area contributed by atoms with Gasteiger partial charge in [-0.3, -0.25) is 0 Å². The van der Waals surface area contributed by atoms with E-state index in [0.29, 0.717) is 13.4 Å². The summed E-state index contributed by atoms with van der Waals surface area (Å²) < 4.78 is 19.0. The van der Waals surface area contributed by atoms with Gasteiger partial charge in [0.2, 0.25) is 6.79 Å². The van der Waals surface area contributed by atoms with Gasteiger partial charge in [-0.25, -0.2) is 4.98 Å². The van der Waals surface area contributed by atoms with E-state index in [2.05, 4.69) is 20.9 Å². The number of ether oxygens (including phenoxy) is 3. The van der Waals surface area contributed by atoms with Crippen LogP contribution >= 0.6 is 11.6 Å². The average molecular weight is 398 g/mol. The molecule has 144 valence electrons. The highest BCUT2D eigenvalue weighted by atomic mass is 35.5. The number of halogens is 1. The van der Waals surface area contributed by atoms with Crippen LogP contribution in [0.5, 0.6) is 11.5 Å². The monoisotopic (exact) mass is 397 g/mol. The van der Waals surface area contributed by atoms with Crippen molar-refractivity contribution in [2.45, 2.75) is 25.8 Å². The lowest BCUT2D eigenvalue weighted by Gasteiger charge is -2.26. The summed E-state index contributed by atoms with van der Waals surface area (Å²) in [4.78, 5) is 4.51. The molecule has 2 aliphatic heterocycles. The molecule has 1 N–H and O–H groups in total. The molecule has 2 aromatic carbocycles. The molecule has 0 unspecified atom stereocenters. The molecule has 0 radical (unpaired) electrons. The fourth-order valence-electron chi connectivity index (χ4n) is 3.58. The highest BCUT2D eigenvalue weighted by Gasteiger charge is 2.22. The molecule has 0 saturated heterocycles. The van der Waals surface area contributed by atoms with Crippen molar-refractivity contribution in [2.75, 3.05) is 13.3 Å². The second-order valence-electron chi connectivity index (χ2n) is 6.93. The minimum atomic E-state index is 0.0850. The number of nitrogens with one attached hydrogen (secondary N) is 1. The van der Waals surface area contributed by atoms with E-state index in [0.717, 1.165) is 58.8 Å². The number of aromatic nitrogens is 2. The van der Waals surface area contributed by atoms with Gasteiger partial charge in [-0.2, -0.15) is 0 Å². The number of nitrogens with zero attached hydrogens (tertiary/aromatic N) is 2. The zero-order chi connectivity index (χ0) is 18.9. The first-order valence-electron chi connectivity index (χ1n) is 9.27. The van der Waals surface area contributed by atoms with Crippen molar-refractivity contribution in [3.8, 4) is 22.8 Å². The van der Waals surface area contributed by atoms with Crippen LogP contribution in [0.4, 0.5) is 0 Å². The Kier molecular flexibility index (Phi) is 4.68. The molecular formula is C21H20ClN3O3. The van der Waals surface area contributed by atoms with E-state index in [1.807, 2.05) is 42.6 Å². The van der Waals surface area contributed by atoms with Crippen LogP contribution in [0.15, 0.2) is 48.7 Å². The number of imidazole rings is 1. The maximum Gasteiger partial charge on any atom is 0.231 e. The molecule has 3 aromatic rings. The van der Waals surface area contributed by atoms with E-state index in [1.165, 1.54) is 0 Å². The van der Waals surface area contributed by atoms with Gasteiger partial charge < -0.3 is 24.1 Å². The molecule has 28 heavy (non-hydrogen) atoms. The van der Waals surface area contributed by atoms with Crippen LogP contribution in [-0.4, -0.2) is 29.0 Å². The van der Waals surface area contributed by atoms with E-state index in [4.69, 9.17) is 25.8 Å². The number of benzene rings is 2. The van der Waals surface area contributed by atoms with E-state index in [-0.39, 0.29) is 6.10 Å². The van der Waals surface area contributed by atoms with Gasteiger partial charge in [-0.15, -0.1) is 0 Å².